The molecule has 0 aliphatic carbocycles. The number of hydrogen-bond acceptors (Lipinski definition) is 2. The van der Waals surface area contributed by atoms with Gasteiger partial charge in [-0.15, -0.1) is 0 Å². The summed E-state index contributed by atoms with van der Waals surface area (Å²) in [7, 11) is 0. The predicted octanol–water partition coefficient (Wildman–Crippen LogP) is 4.53. The molecule has 4 heteroatoms. The highest BCUT2D eigenvalue weighted by molar-refractivity contribution is 5.84. The zero-order valence-electron chi connectivity index (χ0n) is 15.2. The van der Waals surface area contributed by atoms with Crippen molar-refractivity contribution in [1.82, 2.24) is 14.2 Å². The van der Waals surface area contributed by atoms with Crippen molar-refractivity contribution >= 4 is 22.4 Å². The molecule has 2 aromatic carbocycles. The lowest BCUT2D eigenvalue weighted by Gasteiger charge is -2.19. The summed E-state index contributed by atoms with van der Waals surface area (Å²) in [6.45, 7) is 9.54. The number of nitrogens with two attached hydrogens (primary N) is 1. The number of anilines is 1. The number of rotatable bonds is 2. The van der Waals surface area contributed by atoms with Crippen LogP contribution < -0.4 is 5.73 Å². The molecule has 2 heterocycles. The molecule has 0 unspecified atom stereocenters. The van der Waals surface area contributed by atoms with Gasteiger partial charge in [0.15, 0.2) is 0 Å². The van der Waals surface area contributed by atoms with Gasteiger partial charge in [-0.1, -0.05) is 45.0 Å². The van der Waals surface area contributed by atoms with Crippen LogP contribution >= 0.6 is 0 Å². The van der Waals surface area contributed by atoms with Crippen molar-refractivity contribution < 1.29 is 0 Å². The molecule has 0 aliphatic rings. The lowest BCUT2D eigenvalue weighted by Crippen LogP contribution is -2.11. The predicted molar refractivity (Wildman–Crippen MR) is 104 cm³/mol. The van der Waals surface area contributed by atoms with Gasteiger partial charge >= 0.3 is 0 Å². The Hall–Kier alpha value is -2.75. The second-order valence-corrected chi connectivity index (χ2v) is 7.84. The van der Waals surface area contributed by atoms with Gasteiger partial charge in [-0.05, 0) is 41.7 Å². The first kappa shape index (κ1) is 15.8. The monoisotopic (exact) mass is 332 g/mol. The van der Waals surface area contributed by atoms with Crippen LogP contribution in [0.15, 0.2) is 48.5 Å². The van der Waals surface area contributed by atoms with Crippen LogP contribution in [0.3, 0.4) is 0 Å². The maximum Gasteiger partial charge on any atom is 0.137 e. The van der Waals surface area contributed by atoms with Crippen LogP contribution in [0.5, 0.6) is 0 Å². The van der Waals surface area contributed by atoms with Crippen LogP contribution in [-0.2, 0) is 12.0 Å². The third kappa shape index (κ3) is 2.68. The molecular formula is C21H24N4. The molecule has 0 fully saturated rings. The van der Waals surface area contributed by atoms with Crippen molar-refractivity contribution in [2.45, 2.75) is 39.7 Å². The molecule has 0 amide bonds. The summed E-state index contributed by atoms with van der Waals surface area (Å²) in [4.78, 5) is 0. The highest BCUT2D eigenvalue weighted by Crippen LogP contribution is 2.26. The second-order valence-electron chi connectivity index (χ2n) is 7.84. The van der Waals surface area contributed by atoms with E-state index in [0.717, 1.165) is 34.6 Å². The molecule has 4 rings (SSSR count). The van der Waals surface area contributed by atoms with Crippen LogP contribution in [0.4, 0.5) is 5.69 Å². The molecule has 0 aliphatic heterocycles. The molecule has 0 radical (unpaired) electrons. The lowest BCUT2D eigenvalue weighted by molar-refractivity contribution is 0.590. The standard InChI is InChI=1S/C21H24N4/c1-14-11-20-24(13-15-5-7-16(8-6-15)21(2,3)4)19-12-17(22)9-10-18(19)25(20)23-14/h5-12H,13,22H2,1-4H3. The number of hydrogen-bond donors (Lipinski definition) is 1. The minimum absolute atomic E-state index is 0.170. The largest absolute Gasteiger partial charge is 0.399 e. The van der Waals surface area contributed by atoms with Gasteiger partial charge in [-0.2, -0.15) is 5.10 Å². The summed E-state index contributed by atoms with van der Waals surface area (Å²) in [5, 5.41) is 4.63. The van der Waals surface area contributed by atoms with E-state index in [-0.39, 0.29) is 5.41 Å². The fourth-order valence-corrected chi connectivity index (χ4v) is 3.37. The van der Waals surface area contributed by atoms with Crippen molar-refractivity contribution in [3.63, 3.8) is 0 Å². The van der Waals surface area contributed by atoms with Gasteiger partial charge in [0.1, 0.15) is 5.65 Å². The Morgan fingerprint density at radius 3 is 2.36 bits per heavy atom. The number of aromatic nitrogens is 3. The van der Waals surface area contributed by atoms with Crippen LogP contribution in [0.25, 0.3) is 16.7 Å². The summed E-state index contributed by atoms with van der Waals surface area (Å²) in [6.07, 6.45) is 0. The Kier molecular flexibility index (Phi) is 3.39. The minimum Gasteiger partial charge on any atom is -0.399 e. The van der Waals surface area contributed by atoms with Crippen molar-refractivity contribution in [1.29, 1.82) is 0 Å². The Morgan fingerprint density at radius 1 is 0.960 bits per heavy atom. The number of imidazole rings is 1. The highest BCUT2D eigenvalue weighted by Gasteiger charge is 2.15. The van der Waals surface area contributed by atoms with Crippen molar-refractivity contribution in [2.75, 3.05) is 5.73 Å². The number of benzene rings is 2. The van der Waals surface area contributed by atoms with Crippen molar-refractivity contribution in [2.24, 2.45) is 0 Å². The van der Waals surface area contributed by atoms with Crippen LogP contribution in [0.1, 0.15) is 37.6 Å². The summed E-state index contributed by atoms with van der Waals surface area (Å²) < 4.78 is 4.30. The summed E-state index contributed by atoms with van der Waals surface area (Å²) in [5.74, 6) is 0. The molecule has 25 heavy (non-hydrogen) atoms. The summed E-state index contributed by atoms with van der Waals surface area (Å²) in [5.41, 5.74) is 13.9. The molecule has 128 valence electrons. The number of fused-ring (bicyclic) bond motifs is 3. The number of aryl methyl sites for hydroxylation is 1. The lowest BCUT2D eigenvalue weighted by atomic mass is 9.87. The van der Waals surface area contributed by atoms with Gasteiger partial charge in [-0.3, -0.25) is 0 Å². The van der Waals surface area contributed by atoms with E-state index >= 15 is 0 Å². The Labute approximate surface area is 147 Å². The van der Waals surface area contributed by atoms with Crippen molar-refractivity contribution in [3.05, 3.63) is 65.4 Å². The van der Waals surface area contributed by atoms with E-state index in [1.807, 2.05) is 29.6 Å². The SMILES string of the molecule is Cc1cc2n(Cc3ccc(C(C)(C)C)cc3)c3cc(N)ccc3n2n1. The van der Waals surface area contributed by atoms with Gasteiger partial charge < -0.3 is 10.3 Å². The van der Waals surface area contributed by atoms with E-state index in [9.17, 15) is 0 Å². The maximum atomic E-state index is 6.03. The molecule has 2 aromatic heterocycles. The molecule has 0 atom stereocenters. The first-order chi connectivity index (χ1) is 11.8. The third-order valence-corrected chi connectivity index (χ3v) is 4.77. The Bertz CT molecular complexity index is 1060. The molecule has 4 nitrogen and oxygen atoms in total. The van der Waals surface area contributed by atoms with Crippen LogP contribution in [0, 0.1) is 6.92 Å². The topological polar surface area (TPSA) is 48.2 Å². The van der Waals surface area contributed by atoms with Crippen LogP contribution in [0.2, 0.25) is 0 Å². The second kappa shape index (κ2) is 5.38. The van der Waals surface area contributed by atoms with Gasteiger partial charge in [0.2, 0.25) is 0 Å². The molecule has 0 spiro atoms. The molecule has 4 aromatic rings. The highest BCUT2D eigenvalue weighted by atomic mass is 15.3. The van der Waals surface area contributed by atoms with Crippen LogP contribution in [-0.4, -0.2) is 14.2 Å². The van der Waals surface area contributed by atoms with E-state index in [0.29, 0.717) is 0 Å². The minimum atomic E-state index is 0.170. The average Bonchev–Trinajstić information content (AvgIpc) is 3.04. The molecule has 0 saturated heterocycles. The fraction of sp³-hybridized carbons (Fsp3) is 0.286. The van der Waals surface area contributed by atoms with E-state index in [1.54, 1.807) is 0 Å². The van der Waals surface area contributed by atoms with Gasteiger partial charge in [-0.25, -0.2) is 4.52 Å². The summed E-state index contributed by atoms with van der Waals surface area (Å²) in [6, 6.07) is 17.0. The van der Waals surface area contributed by atoms with E-state index < -0.39 is 0 Å². The molecule has 0 bridgehead atoms. The van der Waals surface area contributed by atoms with E-state index in [1.165, 1.54) is 11.1 Å². The van der Waals surface area contributed by atoms with E-state index in [2.05, 4.69) is 60.8 Å². The maximum absolute atomic E-state index is 6.03. The molecule has 0 saturated carbocycles. The normalized spacial score (nSPS) is 12.3. The van der Waals surface area contributed by atoms with Gasteiger partial charge in [0.05, 0.1) is 16.7 Å². The Morgan fingerprint density at radius 2 is 1.68 bits per heavy atom. The van der Waals surface area contributed by atoms with E-state index in [4.69, 9.17) is 5.73 Å². The Balaban J connectivity index is 1.83. The average molecular weight is 332 g/mol. The molecule has 2 N–H and O–H groups in total. The fourth-order valence-electron chi connectivity index (χ4n) is 3.37. The zero-order valence-corrected chi connectivity index (χ0v) is 15.2. The zero-order chi connectivity index (χ0) is 17.8. The summed E-state index contributed by atoms with van der Waals surface area (Å²) >= 11 is 0. The number of nitrogen functional groups attached to an aromatic ring is 1. The molecular weight excluding hydrogens is 308 g/mol. The van der Waals surface area contributed by atoms with Gasteiger partial charge in [0.25, 0.3) is 0 Å². The first-order valence-corrected chi connectivity index (χ1v) is 8.66. The van der Waals surface area contributed by atoms with Crippen molar-refractivity contribution in [3.8, 4) is 0 Å². The third-order valence-electron chi connectivity index (χ3n) is 4.77. The smallest absolute Gasteiger partial charge is 0.137 e. The number of nitrogens with zero attached hydrogens (tertiary/aromatic N) is 3. The quantitative estimate of drug-likeness (QED) is 0.548. The van der Waals surface area contributed by atoms with Gasteiger partial charge in [0, 0.05) is 18.3 Å². The first-order valence-electron chi connectivity index (χ1n) is 8.66.